The van der Waals surface area contributed by atoms with Gasteiger partial charge >= 0.3 is 5.97 Å². The van der Waals surface area contributed by atoms with Crippen molar-refractivity contribution in [1.82, 2.24) is 4.98 Å². The summed E-state index contributed by atoms with van der Waals surface area (Å²) in [6.45, 7) is 4.76. The number of ether oxygens (including phenoxy) is 1. The van der Waals surface area contributed by atoms with Crippen LogP contribution < -0.4 is 10.6 Å². The first-order valence-corrected chi connectivity index (χ1v) is 7.58. The number of aryl methyl sites for hydroxylation is 1. The molecule has 0 atom stereocenters. The predicted octanol–water partition coefficient (Wildman–Crippen LogP) is 2.85. The van der Waals surface area contributed by atoms with Crippen LogP contribution in [0.15, 0.2) is 23.6 Å². The van der Waals surface area contributed by atoms with E-state index in [4.69, 9.17) is 10.5 Å². The number of carbonyl (C=O) groups excluding carboxylic acids is 1. The number of nitrogens with zero attached hydrogens (tertiary/aromatic N) is 2. The summed E-state index contributed by atoms with van der Waals surface area (Å²) in [4.78, 5) is 18.3. The van der Waals surface area contributed by atoms with Gasteiger partial charge in [-0.15, -0.1) is 11.3 Å². The van der Waals surface area contributed by atoms with Crippen LogP contribution in [-0.4, -0.2) is 24.6 Å². The van der Waals surface area contributed by atoms with Crippen LogP contribution in [0.3, 0.4) is 0 Å². The third-order valence-electron chi connectivity index (χ3n) is 3.04. The Kier molecular flexibility index (Phi) is 4.80. The second-order valence-corrected chi connectivity index (χ2v) is 5.77. The van der Waals surface area contributed by atoms with Gasteiger partial charge in [-0.3, -0.25) is 0 Å². The molecule has 2 aromatic rings. The van der Waals surface area contributed by atoms with Gasteiger partial charge in [0.25, 0.3) is 0 Å². The maximum Gasteiger partial charge on any atom is 0.340 e. The minimum Gasteiger partial charge on any atom is -0.462 e. The molecule has 0 aliphatic heterocycles. The Balaban J connectivity index is 2.19. The monoisotopic (exact) mass is 305 g/mol. The number of aromatic nitrogens is 1. The molecular weight excluding hydrogens is 286 g/mol. The number of thiazole rings is 1. The molecule has 0 aliphatic rings. The van der Waals surface area contributed by atoms with E-state index in [1.165, 1.54) is 0 Å². The molecule has 0 aliphatic carbocycles. The smallest absolute Gasteiger partial charge is 0.340 e. The van der Waals surface area contributed by atoms with Gasteiger partial charge in [-0.25, -0.2) is 9.78 Å². The lowest BCUT2D eigenvalue weighted by Gasteiger charge is -2.19. The van der Waals surface area contributed by atoms with E-state index in [1.807, 2.05) is 30.3 Å². The number of benzene rings is 1. The van der Waals surface area contributed by atoms with Crippen LogP contribution in [0.4, 0.5) is 11.4 Å². The zero-order chi connectivity index (χ0) is 15.4. The van der Waals surface area contributed by atoms with Crippen molar-refractivity contribution in [3.05, 3.63) is 39.8 Å². The highest BCUT2D eigenvalue weighted by Gasteiger charge is 2.13. The molecule has 112 valence electrons. The zero-order valence-corrected chi connectivity index (χ0v) is 13.2. The van der Waals surface area contributed by atoms with E-state index in [2.05, 4.69) is 4.98 Å². The van der Waals surface area contributed by atoms with Gasteiger partial charge in [0.15, 0.2) is 0 Å². The highest BCUT2D eigenvalue weighted by Crippen LogP contribution is 2.23. The van der Waals surface area contributed by atoms with E-state index in [9.17, 15) is 4.79 Å². The summed E-state index contributed by atoms with van der Waals surface area (Å²) in [5.41, 5.74) is 8.58. The summed E-state index contributed by atoms with van der Waals surface area (Å²) in [6, 6.07) is 5.37. The number of nitrogens with two attached hydrogens (primary N) is 1. The van der Waals surface area contributed by atoms with E-state index >= 15 is 0 Å². The molecule has 0 saturated carbocycles. The number of rotatable bonds is 5. The molecule has 2 rings (SSSR count). The second-order valence-electron chi connectivity index (χ2n) is 4.71. The van der Waals surface area contributed by atoms with Crippen molar-refractivity contribution in [2.45, 2.75) is 20.4 Å². The molecule has 0 spiro atoms. The largest absolute Gasteiger partial charge is 0.462 e. The summed E-state index contributed by atoms with van der Waals surface area (Å²) < 4.78 is 5.02. The fraction of sp³-hybridized carbons (Fsp3) is 0.333. The summed E-state index contributed by atoms with van der Waals surface area (Å²) >= 11 is 1.63. The van der Waals surface area contributed by atoms with Crippen molar-refractivity contribution in [3.63, 3.8) is 0 Å². The van der Waals surface area contributed by atoms with Gasteiger partial charge in [0.1, 0.15) is 0 Å². The molecule has 5 nitrogen and oxygen atoms in total. The van der Waals surface area contributed by atoms with Gasteiger partial charge in [0, 0.05) is 23.8 Å². The number of hydrogen-bond donors (Lipinski definition) is 1. The molecule has 2 N–H and O–H groups in total. The molecule has 1 aromatic carbocycles. The SMILES string of the molecule is CCOC(=O)c1cc(N(C)Cc2csc(C)n2)ccc1N. The van der Waals surface area contributed by atoms with Crippen molar-refractivity contribution in [2.75, 3.05) is 24.3 Å². The summed E-state index contributed by atoms with van der Waals surface area (Å²) in [6.07, 6.45) is 0. The first kappa shape index (κ1) is 15.3. The van der Waals surface area contributed by atoms with E-state index in [0.29, 0.717) is 24.4 Å². The highest BCUT2D eigenvalue weighted by atomic mass is 32.1. The first-order valence-electron chi connectivity index (χ1n) is 6.70. The average Bonchev–Trinajstić information content (AvgIpc) is 2.84. The number of nitrogen functional groups attached to an aromatic ring is 1. The van der Waals surface area contributed by atoms with Gasteiger partial charge in [-0.1, -0.05) is 0 Å². The highest BCUT2D eigenvalue weighted by molar-refractivity contribution is 7.09. The van der Waals surface area contributed by atoms with Crippen molar-refractivity contribution >= 4 is 28.7 Å². The first-order chi connectivity index (χ1) is 10.0. The van der Waals surface area contributed by atoms with Gasteiger partial charge in [-0.05, 0) is 32.0 Å². The van der Waals surface area contributed by atoms with E-state index in [0.717, 1.165) is 16.4 Å². The van der Waals surface area contributed by atoms with Crippen LogP contribution in [0.1, 0.15) is 28.0 Å². The molecule has 0 unspecified atom stereocenters. The third-order valence-corrected chi connectivity index (χ3v) is 3.86. The minimum atomic E-state index is -0.394. The summed E-state index contributed by atoms with van der Waals surface area (Å²) in [7, 11) is 1.95. The van der Waals surface area contributed by atoms with E-state index in [1.54, 1.807) is 30.4 Å². The number of hydrogen-bond acceptors (Lipinski definition) is 6. The molecule has 0 amide bonds. The molecule has 0 radical (unpaired) electrons. The van der Waals surface area contributed by atoms with E-state index in [-0.39, 0.29) is 0 Å². The molecule has 6 heteroatoms. The van der Waals surface area contributed by atoms with Gasteiger partial charge in [0.2, 0.25) is 0 Å². The summed E-state index contributed by atoms with van der Waals surface area (Å²) in [5, 5.41) is 3.08. The van der Waals surface area contributed by atoms with E-state index < -0.39 is 5.97 Å². The predicted molar refractivity (Wildman–Crippen MR) is 85.8 cm³/mol. The fourth-order valence-electron chi connectivity index (χ4n) is 1.98. The molecule has 0 fully saturated rings. The Morgan fingerprint density at radius 1 is 1.48 bits per heavy atom. The Labute approximate surface area is 128 Å². The van der Waals surface area contributed by atoms with Crippen LogP contribution in [0.2, 0.25) is 0 Å². The maximum atomic E-state index is 11.9. The van der Waals surface area contributed by atoms with Gasteiger partial charge in [-0.2, -0.15) is 0 Å². The maximum absolute atomic E-state index is 11.9. The lowest BCUT2D eigenvalue weighted by atomic mass is 10.1. The Hall–Kier alpha value is -2.08. The lowest BCUT2D eigenvalue weighted by molar-refractivity contribution is 0.0527. The standard InChI is InChI=1S/C15H19N3O2S/c1-4-20-15(19)13-7-12(5-6-14(13)16)18(3)8-11-9-21-10(2)17-11/h5-7,9H,4,8,16H2,1-3H3. The molecule has 1 heterocycles. The number of anilines is 2. The van der Waals surface area contributed by atoms with Gasteiger partial charge < -0.3 is 15.4 Å². The topological polar surface area (TPSA) is 68.5 Å². The Morgan fingerprint density at radius 2 is 2.24 bits per heavy atom. The van der Waals surface area contributed by atoms with Crippen LogP contribution in [0.25, 0.3) is 0 Å². The second kappa shape index (κ2) is 6.58. The van der Waals surface area contributed by atoms with Crippen LogP contribution in [0, 0.1) is 6.92 Å². The Morgan fingerprint density at radius 3 is 2.86 bits per heavy atom. The number of esters is 1. The third kappa shape index (κ3) is 3.72. The zero-order valence-electron chi connectivity index (χ0n) is 12.4. The van der Waals surface area contributed by atoms with Crippen molar-refractivity contribution in [2.24, 2.45) is 0 Å². The normalized spacial score (nSPS) is 10.4. The van der Waals surface area contributed by atoms with Crippen molar-refractivity contribution in [1.29, 1.82) is 0 Å². The fourth-order valence-corrected chi connectivity index (χ4v) is 2.59. The quantitative estimate of drug-likeness (QED) is 0.679. The molecule has 21 heavy (non-hydrogen) atoms. The molecule has 0 saturated heterocycles. The van der Waals surface area contributed by atoms with Crippen molar-refractivity contribution < 1.29 is 9.53 Å². The lowest BCUT2D eigenvalue weighted by Crippen LogP contribution is -2.18. The van der Waals surface area contributed by atoms with Gasteiger partial charge in [0.05, 0.1) is 29.4 Å². The summed E-state index contributed by atoms with van der Waals surface area (Å²) in [5.74, 6) is -0.394. The van der Waals surface area contributed by atoms with Crippen LogP contribution >= 0.6 is 11.3 Å². The van der Waals surface area contributed by atoms with Crippen molar-refractivity contribution in [3.8, 4) is 0 Å². The van der Waals surface area contributed by atoms with Crippen LogP contribution in [-0.2, 0) is 11.3 Å². The molecular formula is C15H19N3O2S. The minimum absolute atomic E-state index is 0.330. The molecule has 0 bridgehead atoms. The Bertz CT molecular complexity index is 640. The molecule has 1 aromatic heterocycles. The average molecular weight is 305 g/mol. The number of carbonyl (C=O) groups is 1. The van der Waals surface area contributed by atoms with Crippen LogP contribution in [0.5, 0.6) is 0 Å².